The first kappa shape index (κ1) is 19.8. The van der Waals surface area contributed by atoms with E-state index in [1.54, 1.807) is 26.3 Å². The zero-order valence-corrected chi connectivity index (χ0v) is 15.7. The van der Waals surface area contributed by atoms with Gasteiger partial charge in [0.25, 0.3) is 5.91 Å². The zero-order chi connectivity index (χ0) is 18.3. The largest absolute Gasteiger partial charge is 0.385 e. The molecule has 0 aliphatic carbocycles. The minimum atomic E-state index is -3.53. The van der Waals surface area contributed by atoms with Crippen LogP contribution in [0.15, 0.2) is 29.2 Å². The monoisotopic (exact) mass is 369 g/mol. The van der Waals surface area contributed by atoms with E-state index in [1.165, 1.54) is 16.4 Å². The number of sulfonamides is 1. The van der Waals surface area contributed by atoms with Gasteiger partial charge in [0.05, 0.1) is 4.90 Å². The third-order valence-corrected chi connectivity index (χ3v) is 6.26. The summed E-state index contributed by atoms with van der Waals surface area (Å²) in [6.45, 7) is 4.25. The number of benzene rings is 1. The molecule has 1 aromatic rings. The van der Waals surface area contributed by atoms with E-state index in [9.17, 15) is 13.2 Å². The summed E-state index contributed by atoms with van der Waals surface area (Å²) in [5, 5.41) is 2.52. The van der Waals surface area contributed by atoms with Crippen molar-refractivity contribution in [1.29, 1.82) is 0 Å². The Labute approximate surface area is 150 Å². The fraction of sp³-hybridized carbons (Fsp3) is 0.588. The van der Waals surface area contributed by atoms with Gasteiger partial charge in [-0.15, -0.1) is 0 Å². The average molecular weight is 369 g/mol. The maximum absolute atomic E-state index is 12.8. The lowest BCUT2D eigenvalue weighted by Gasteiger charge is -2.21. The molecule has 25 heavy (non-hydrogen) atoms. The van der Waals surface area contributed by atoms with Crippen LogP contribution < -0.4 is 5.32 Å². The summed E-state index contributed by atoms with van der Waals surface area (Å²) >= 11 is 0. The number of hydrogen-bond donors (Lipinski definition) is 1. The summed E-state index contributed by atoms with van der Waals surface area (Å²) in [7, 11) is -0.302. The van der Waals surface area contributed by atoms with E-state index in [0.717, 1.165) is 39.1 Å². The smallest absolute Gasteiger partial charge is 0.251 e. The van der Waals surface area contributed by atoms with Crippen molar-refractivity contribution < 1.29 is 17.9 Å². The second kappa shape index (κ2) is 9.28. The van der Waals surface area contributed by atoms with Crippen molar-refractivity contribution in [2.24, 2.45) is 0 Å². The fourth-order valence-electron chi connectivity index (χ4n) is 2.92. The van der Waals surface area contributed by atoms with E-state index in [1.807, 2.05) is 0 Å². The molecule has 0 aromatic heterocycles. The molecule has 0 radical (unpaired) electrons. The van der Waals surface area contributed by atoms with Gasteiger partial charge in [0, 0.05) is 52.5 Å². The highest BCUT2D eigenvalue weighted by Crippen LogP contribution is 2.18. The number of carbonyl (C=O) groups is 1. The highest BCUT2D eigenvalue weighted by atomic mass is 32.2. The summed E-state index contributed by atoms with van der Waals surface area (Å²) in [6.07, 6.45) is 1.76. The van der Waals surface area contributed by atoms with Crippen molar-refractivity contribution >= 4 is 15.9 Å². The Bertz CT molecular complexity index is 661. The summed E-state index contributed by atoms with van der Waals surface area (Å²) in [6, 6.07) is 6.09. The van der Waals surface area contributed by atoms with Crippen molar-refractivity contribution in [3.63, 3.8) is 0 Å². The molecule has 1 heterocycles. The lowest BCUT2D eigenvalue weighted by atomic mass is 10.2. The van der Waals surface area contributed by atoms with Crippen LogP contribution in [0.5, 0.6) is 0 Å². The molecule has 2 rings (SSSR count). The van der Waals surface area contributed by atoms with Crippen LogP contribution >= 0.6 is 0 Å². The Hall–Kier alpha value is -1.48. The number of amides is 1. The van der Waals surface area contributed by atoms with E-state index in [-0.39, 0.29) is 10.8 Å². The van der Waals surface area contributed by atoms with Gasteiger partial charge in [-0.3, -0.25) is 4.79 Å². The first-order chi connectivity index (χ1) is 12.0. The quantitative estimate of drug-likeness (QED) is 0.719. The molecule has 0 atom stereocenters. The molecule has 140 valence electrons. The van der Waals surface area contributed by atoms with Crippen LogP contribution in [0, 0.1) is 0 Å². The Morgan fingerprint density at radius 1 is 1.16 bits per heavy atom. The Morgan fingerprint density at radius 2 is 1.88 bits per heavy atom. The summed E-state index contributed by atoms with van der Waals surface area (Å²) in [4.78, 5) is 14.1. The Balaban J connectivity index is 2.02. The van der Waals surface area contributed by atoms with Gasteiger partial charge in [-0.25, -0.2) is 8.42 Å². The maximum Gasteiger partial charge on any atom is 0.251 e. The van der Waals surface area contributed by atoms with E-state index in [4.69, 9.17) is 4.74 Å². The lowest BCUT2D eigenvalue weighted by molar-refractivity contribution is 0.0963. The van der Waals surface area contributed by atoms with Gasteiger partial charge in [0.2, 0.25) is 10.0 Å². The highest BCUT2D eigenvalue weighted by Gasteiger charge is 2.26. The fourth-order valence-corrected chi connectivity index (χ4v) is 4.39. The maximum atomic E-state index is 12.8. The number of carbonyl (C=O) groups excluding carboxylic acids is 1. The van der Waals surface area contributed by atoms with E-state index in [0.29, 0.717) is 18.7 Å². The third kappa shape index (κ3) is 5.24. The van der Waals surface area contributed by atoms with Gasteiger partial charge >= 0.3 is 0 Å². The van der Waals surface area contributed by atoms with Gasteiger partial charge in [-0.05, 0) is 43.7 Å². The molecule has 1 aliphatic heterocycles. The van der Waals surface area contributed by atoms with Crippen molar-refractivity contribution in [1.82, 2.24) is 14.5 Å². The molecule has 1 N–H and O–H groups in total. The lowest BCUT2D eigenvalue weighted by Crippen LogP contribution is -2.35. The molecular weight excluding hydrogens is 342 g/mol. The molecule has 1 amide bonds. The second-order valence-corrected chi connectivity index (χ2v) is 7.99. The van der Waals surface area contributed by atoms with Gasteiger partial charge in [-0.1, -0.05) is 0 Å². The van der Waals surface area contributed by atoms with Gasteiger partial charge in [-0.2, -0.15) is 4.31 Å². The molecule has 0 spiro atoms. The number of nitrogens with zero attached hydrogens (tertiary/aromatic N) is 2. The number of hydrogen-bond acceptors (Lipinski definition) is 5. The topological polar surface area (TPSA) is 79.0 Å². The Morgan fingerprint density at radius 3 is 2.52 bits per heavy atom. The van der Waals surface area contributed by atoms with Crippen LogP contribution in [0.1, 0.15) is 23.2 Å². The van der Waals surface area contributed by atoms with Crippen LogP contribution in [0.3, 0.4) is 0 Å². The minimum absolute atomic E-state index is 0.230. The molecular formula is C17H27N3O4S. The van der Waals surface area contributed by atoms with Crippen LogP contribution in [0.4, 0.5) is 0 Å². The molecule has 7 nitrogen and oxygen atoms in total. The van der Waals surface area contributed by atoms with Gasteiger partial charge in [0.15, 0.2) is 0 Å². The molecule has 1 saturated heterocycles. The SMILES string of the molecule is CNC(=O)c1ccc(S(=O)(=O)N2CCCN(CCCOC)CC2)cc1. The number of nitrogens with one attached hydrogen (secondary N) is 1. The third-order valence-electron chi connectivity index (χ3n) is 4.35. The first-order valence-corrected chi connectivity index (χ1v) is 9.96. The summed E-state index contributed by atoms with van der Waals surface area (Å²) in [5.74, 6) is -0.231. The standard InChI is InChI=1S/C17H27N3O4S/c1-18-17(21)15-5-7-16(8-6-15)25(22,23)20-11-3-9-19(12-13-20)10-4-14-24-2/h5-8H,3-4,9-14H2,1-2H3,(H,18,21). The second-order valence-electron chi connectivity index (χ2n) is 6.05. The molecule has 0 bridgehead atoms. The summed E-state index contributed by atoms with van der Waals surface area (Å²) < 4.78 is 32.3. The van der Waals surface area contributed by atoms with Crippen LogP contribution in [0.2, 0.25) is 0 Å². The molecule has 1 fully saturated rings. The predicted octanol–water partition coefficient (Wildman–Crippen LogP) is 0.779. The first-order valence-electron chi connectivity index (χ1n) is 8.52. The average Bonchev–Trinajstić information content (AvgIpc) is 2.87. The van der Waals surface area contributed by atoms with E-state index < -0.39 is 10.0 Å². The van der Waals surface area contributed by atoms with Crippen LogP contribution in [-0.2, 0) is 14.8 Å². The van der Waals surface area contributed by atoms with Crippen LogP contribution in [-0.4, -0.2) is 77.0 Å². The predicted molar refractivity (Wildman–Crippen MR) is 96.1 cm³/mol. The van der Waals surface area contributed by atoms with Crippen molar-refractivity contribution in [3.8, 4) is 0 Å². The molecule has 1 aliphatic rings. The highest BCUT2D eigenvalue weighted by molar-refractivity contribution is 7.89. The van der Waals surface area contributed by atoms with Crippen molar-refractivity contribution in [2.45, 2.75) is 17.7 Å². The molecule has 0 saturated carbocycles. The van der Waals surface area contributed by atoms with E-state index in [2.05, 4.69) is 10.2 Å². The number of rotatable bonds is 7. The molecule has 8 heteroatoms. The summed E-state index contributed by atoms with van der Waals surface area (Å²) in [5.41, 5.74) is 0.446. The van der Waals surface area contributed by atoms with Crippen LogP contribution in [0.25, 0.3) is 0 Å². The normalized spacial score (nSPS) is 17.2. The van der Waals surface area contributed by atoms with Gasteiger partial charge < -0.3 is 15.0 Å². The number of ether oxygens (including phenoxy) is 1. The van der Waals surface area contributed by atoms with Crippen molar-refractivity contribution in [2.75, 3.05) is 53.5 Å². The minimum Gasteiger partial charge on any atom is -0.385 e. The molecule has 0 unspecified atom stereocenters. The van der Waals surface area contributed by atoms with Crippen molar-refractivity contribution in [3.05, 3.63) is 29.8 Å². The zero-order valence-electron chi connectivity index (χ0n) is 14.9. The van der Waals surface area contributed by atoms with E-state index >= 15 is 0 Å². The van der Waals surface area contributed by atoms with Gasteiger partial charge in [0.1, 0.15) is 0 Å². The molecule has 1 aromatic carbocycles. The Kier molecular flexibility index (Phi) is 7.37. The number of methoxy groups -OCH3 is 1.